The summed E-state index contributed by atoms with van der Waals surface area (Å²) >= 11 is 0. The SMILES string of the molecule is CCCn1c(C)nnc1CCOC1CCNCC1. The lowest BCUT2D eigenvalue weighted by Gasteiger charge is -2.22. The molecule has 0 amide bonds. The van der Waals surface area contributed by atoms with E-state index in [0.717, 1.165) is 63.6 Å². The lowest BCUT2D eigenvalue weighted by Crippen LogP contribution is -2.32. The average molecular weight is 252 g/mol. The van der Waals surface area contributed by atoms with Crippen LogP contribution in [0.25, 0.3) is 0 Å². The van der Waals surface area contributed by atoms with Crippen LogP contribution in [-0.2, 0) is 17.7 Å². The van der Waals surface area contributed by atoms with E-state index < -0.39 is 0 Å². The summed E-state index contributed by atoms with van der Waals surface area (Å²) in [6.45, 7) is 8.11. The summed E-state index contributed by atoms with van der Waals surface area (Å²) < 4.78 is 8.11. The summed E-state index contributed by atoms with van der Waals surface area (Å²) in [7, 11) is 0. The Bertz CT molecular complexity index is 358. The molecule has 1 aliphatic heterocycles. The van der Waals surface area contributed by atoms with Crippen molar-refractivity contribution >= 4 is 0 Å². The second-order valence-electron chi connectivity index (χ2n) is 4.89. The molecular weight excluding hydrogens is 228 g/mol. The normalized spacial score (nSPS) is 17.2. The summed E-state index contributed by atoms with van der Waals surface area (Å²) in [5.74, 6) is 2.07. The van der Waals surface area contributed by atoms with Gasteiger partial charge >= 0.3 is 0 Å². The summed E-state index contributed by atoms with van der Waals surface area (Å²) in [5.41, 5.74) is 0. The van der Waals surface area contributed by atoms with Gasteiger partial charge in [0.05, 0.1) is 12.7 Å². The van der Waals surface area contributed by atoms with E-state index in [1.165, 1.54) is 0 Å². The summed E-state index contributed by atoms with van der Waals surface area (Å²) in [6, 6.07) is 0. The zero-order valence-corrected chi connectivity index (χ0v) is 11.5. The third-order valence-electron chi connectivity index (χ3n) is 3.42. The van der Waals surface area contributed by atoms with Crippen LogP contribution in [0.4, 0.5) is 0 Å². The maximum Gasteiger partial charge on any atom is 0.135 e. The van der Waals surface area contributed by atoms with E-state index in [2.05, 4.69) is 27.0 Å². The Kier molecular flexibility index (Phi) is 5.13. The molecular formula is C13H24N4O. The highest BCUT2D eigenvalue weighted by Crippen LogP contribution is 2.09. The van der Waals surface area contributed by atoms with Crippen LogP contribution >= 0.6 is 0 Å². The Hall–Kier alpha value is -0.940. The van der Waals surface area contributed by atoms with Gasteiger partial charge in [0.1, 0.15) is 11.6 Å². The number of hydrogen-bond donors (Lipinski definition) is 1. The molecule has 0 radical (unpaired) electrons. The number of aryl methyl sites for hydroxylation is 1. The molecule has 5 nitrogen and oxygen atoms in total. The monoisotopic (exact) mass is 252 g/mol. The zero-order chi connectivity index (χ0) is 12.8. The van der Waals surface area contributed by atoms with E-state index in [4.69, 9.17) is 4.74 Å². The van der Waals surface area contributed by atoms with Gasteiger partial charge in [0.15, 0.2) is 0 Å². The minimum absolute atomic E-state index is 0.426. The van der Waals surface area contributed by atoms with Gasteiger partial charge in [-0.05, 0) is 39.3 Å². The van der Waals surface area contributed by atoms with E-state index >= 15 is 0 Å². The number of nitrogens with zero attached hydrogens (tertiary/aromatic N) is 3. The van der Waals surface area contributed by atoms with Gasteiger partial charge in [-0.2, -0.15) is 0 Å². The molecule has 102 valence electrons. The topological polar surface area (TPSA) is 52.0 Å². The second kappa shape index (κ2) is 6.85. The van der Waals surface area contributed by atoms with Crippen molar-refractivity contribution in [1.29, 1.82) is 0 Å². The van der Waals surface area contributed by atoms with Crippen molar-refractivity contribution in [3.05, 3.63) is 11.6 Å². The fourth-order valence-corrected chi connectivity index (χ4v) is 2.40. The quantitative estimate of drug-likeness (QED) is 0.829. The predicted molar refractivity (Wildman–Crippen MR) is 70.6 cm³/mol. The number of ether oxygens (including phenoxy) is 1. The molecule has 5 heteroatoms. The molecule has 0 spiro atoms. The lowest BCUT2D eigenvalue weighted by atomic mass is 10.1. The number of aromatic nitrogens is 3. The molecule has 0 atom stereocenters. The fourth-order valence-electron chi connectivity index (χ4n) is 2.40. The van der Waals surface area contributed by atoms with E-state index in [1.54, 1.807) is 0 Å². The number of rotatable bonds is 6. The van der Waals surface area contributed by atoms with Crippen molar-refractivity contribution in [2.45, 2.75) is 52.2 Å². The minimum atomic E-state index is 0.426. The van der Waals surface area contributed by atoms with Crippen molar-refractivity contribution in [1.82, 2.24) is 20.1 Å². The third kappa shape index (κ3) is 3.53. The van der Waals surface area contributed by atoms with Gasteiger partial charge in [-0.1, -0.05) is 6.92 Å². The molecule has 2 rings (SSSR count). The summed E-state index contributed by atoms with van der Waals surface area (Å²) in [6.07, 6.45) is 4.66. The largest absolute Gasteiger partial charge is 0.378 e. The maximum absolute atomic E-state index is 5.91. The van der Waals surface area contributed by atoms with Crippen molar-refractivity contribution in [3.8, 4) is 0 Å². The molecule has 1 aromatic rings. The molecule has 1 saturated heterocycles. The van der Waals surface area contributed by atoms with Gasteiger partial charge in [-0.15, -0.1) is 10.2 Å². The van der Waals surface area contributed by atoms with Gasteiger partial charge in [0, 0.05) is 13.0 Å². The van der Waals surface area contributed by atoms with Crippen LogP contribution in [0.3, 0.4) is 0 Å². The smallest absolute Gasteiger partial charge is 0.135 e. The molecule has 0 bridgehead atoms. The fraction of sp³-hybridized carbons (Fsp3) is 0.846. The highest BCUT2D eigenvalue weighted by molar-refractivity contribution is 4.94. The summed E-state index contributed by atoms with van der Waals surface area (Å²) in [5, 5.41) is 11.7. The highest BCUT2D eigenvalue weighted by atomic mass is 16.5. The Morgan fingerprint density at radius 1 is 1.33 bits per heavy atom. The van der Waals surface area contributed by atoms with E-state index in [-0.39, 0.29) is 0 Å². The average Bonchev–Trinajstić information content (AvgIpc) is 2.73. The van der Waals surface area contributed by atoms with Crippen LogP contribution in [0.5, 0.6) is 0 Å². The molecule has 0 aromatic carbocycles. The van der Waals surface area contributed by atoms with E-state index in [9.17, 15) is 0 Å². The van der Waals surface area contributed by atoms with E-state index in [1.807, 2.05) is 6.92 Å². The maximum atomic E-state index is 5.91. The Labute approximate surface area is 109 Å². The van der Waals surface area contributed by atoms with Crippen LogP contribution in [-0.4, -0.2) is 40.6 Å². The first-order chi connectivity index (χ1) is 8.81. The molecule has 2 heterocycles. The standard InChI is InChI=1S/C13H24N4O/c1-3-9-17-11(2)15-16-13(17)6-10-18-12-4-7-14-8-5-12/h12,14H,3-10H2,1-2H3. The van der Waals surface area contributed by atoms with Crippen molar-refractivity contribution in [3.63, 3.8) is 0 Å². The van der Waals surface area contributed by atoms with E-state index in [0.29, 0.717) is 6.10 Å². The molecule has 1 N–H and O–H groups in total. The molecule has 1 aromatic heterocycles. The Balaban J connectivity index is 1.78. The first kappa shape index (κ1) is 13.5. The molecule has 0 unspecified atom stereocenters. The molecule has 0 aliphatic carbocycles. The predicted octanol–water partition coefficient (Wildman–Crippen LogP) is 1.31. The second-order valence-corrected chi connectivity index (χ2v) is 4.89. The molecule has 1 fully saturated rings. The third-order valence-corrected chi connectivity index (χ3v) is 3.42. The molecule has 18 heavy (non-hydrogen) atoms. The van der Waals surface area contributed by atoms with Gasteiger partial charge in [-0.25, -0.2) is 0 Å². The number of nitrogens with one attached hydrogen (secondary N) is 1. The molecule has 1 aliphatic rings. The lowest BCUT2D eigenvalue weighted by molar-refractivity contribution is 0.0339. The zero-order valence-electron chi connectivity index (χ0n) is 11.5. The minimum Gasteiger partial charge on any atom is -0.378 e. The van der Waals surface area contributed by atoms with Crippen molar-refractivity contribution < 1.29 is 4.74 Å². The Morgan fingerprint density at radius 3 is 2.83 bits per heavy atom. The van der Waals surface area contributed by atoms with Crippen LogP contribution in [0.2, 0.25) is 0 Å². The van der Waals surface area contributed by atoms with Crippen molar-refractivity contribution in [2.75, 3.05) is 19.7 Å². The van der Waals surface area contributed by atoms with Gasteiger partial charge in [0.2, 0.25) is 0 Å². The number of piperidine rings is 1. The van der Waals surface area contributed by atoms with Gasteiger partial charge in [0.25, 0.3) is 0 Å². The first-order valence-corrected chi connectivity index (χ1v) is 7.02. The Morgan fingerprint density at radius 2 is 2.11 bits per heavy atom. The first-order valence-electron chi connectivity index (χ1n) is 7.02. The van der Waals surface area contributed by atoms with Crippen LogP contribution in [0, 0.1) is 6.92 Å². The van der Waals surface area contributed by atoms with Gasteiger partial charge in [-0.3, -0.25) is 0 Å². The van der Waals surface area contributed by atoms with Crippen molar-refractivity contribution in [2.24, 2.45) is 0 Å². The van der Waals surface area contributed by atoms with Crippen LogP contribution in [0.1, 0.15) is 37.8 Å². The molecule has 0 saturated carbocycles. The highest BCUT2D eigenvalue weighted by Gasteiger charge is 2.14. The summed E-state index contributed by atoms with van der Waals surface area (Å²) in [4.78, 5) is 0. The van der Waals surface area contributed by atoms with Crippen LogP contribution < -0.4 is 5.32 Å². The number of hydrogen-bond acceptors (Lipinski definition) is 4. The van der Waals surface area contributed by atoms with Gasteiger partial charge < -0.3 is 14.6 Å². The van der Waals surface area contributed by atoms with Crippen LogP contribution in [0.15, 0.2) is 0 Å².